The zero-order chi connectivity index (χ0) is 30.3. The number of benzene rings is 4. The van der Waals surface area contributed by atoms with Crippen molar-refractivity contribution in [1.29, 1.82) is 0 Å². The molecule has 4 aromatic carbocycles. The third-order valence-corrected chi connectivity index (χ3v) is 7.83. The molecule has 0 unspecified atom stereocenters. The van der Waals surface area contributed by atoms with Crippen LogP contribution in [0, 0.1) is 0 Å². The van der Waals surface area contributed by atoms with E-state index in [9.17, 15) is 18.0 Å². The summed E-state index contributed by atoms with van der Waals surface area (Å²) < 4.78 is 44.8. The number of carbonyl (C=O) groups excluding carboxylic acids is 2. The summed E-state index contributed by atoms with van der Waals surface area (Å²) in [6.45, 7) is 0. The molecule has 1 amide bonds. The number of hydrogen-bond donors (Lipinski definition) is 2. The van der Waals surface area contributed by atoms with Crippen LogP contribution in [0.2, 0.25) is 5.02 Å². The van der Waals surface area contributed by atoms with Crippen molar-refractivity contribution in [3.8, 4) is 17.2 Å². The number of hydrogen-bond acceptors (Lipinski definition) is 8. The Balaban J connectivity index is 1.50. The van der Waals surface area contributed by atoms with Crippen molar-refractivity contribution in [3.05, 3.63) is 111 Å². The molecule has 0 radical (unpaired) electrons. The van der Waals surface area contributed by atoms with Gasteiger partial charge in [-0.2, -0.15) is 5.10 Å². The van der Waals surface area contributed by atoms with Crippen molar-refractivity contribution in [2.75, 3.05) is 18.9 Å². The second-order valence-corrected chi connectivity index (χ2v) is 11.5. The predicted octanol–water partition coefficient (Wildman–Crippen LogP) is 5.90. The van der Waals surface area contributed by atoms with E-state index in [-0.39, 0.29) is 27.5 Å². The smallest absolute Gasteiger partial charge is 0.343 e. The quantitative estimate of drug-likeness (QED) is 0.0928. The highest BCUT2D eigenvalue weighted by molar-refractivity contribution is 9.10. The number of methoxy groups -OCH3 is 2. The van der Waals surface area contributed by atoms with Gasteiger partial charge in [0.05, 0.1) is 42.1 Å². The average molecular weight is 673 g/mol. The summed E-state index contributed by atoms with van der Waals surface area (Å²) in [6.07, 6.45) is 1.29. The average Bonchev–Trinajstić information content (AvgIpc) is 2.98. The molecule has 0 aliphatic carbocycles. The van der Waals surface area contributed by atoms with Crippen LogP contribution in [-0.4, -0.2) is 40.7 Å². The van der Waals surface area contributed by atoms with E-state index < -0.39 is 21.9 Å². The molecule has 0 heterocycles. The largest absolute Gasteiger partial charge is 0.493 e. The lowest BCUT2D eigenvalue weighted by Gasteiger charge is -2.12. The van der Waals surface area contributed by atoms with Gasteiger partial charge in [-0.1, -0.05) is 39.7 Å². The van der Waals surface area contributed by atoms with Gasteiger partial charge in [-0.15, -0.1) is 0 Å². The zero-order valence-corrected chi connectivity index (χ0v) is 25.3. The lowest BCUT2D eigenvalue weighted by Crippen LogP contribution is -2.21. The monoisotopic (exact) mass is 671 g/mol. The summed E-state index contributed by atoms with van der Waals surface area (Å²) in [5.74, 6) is -0.339. The van der Waals surface area contributed by atoms with Crippen molar-refractivity contribution in [2.24, 2.45) is 5.10 Å². The SMILES string of the molecule is COc1ccc(C(=O)Oc2ccc(Br)cc2/C=N\NC(=O)c2ccccc2NS(=O)(=O)c2ccc(Cl)cc2)cc1OC. The molecule has 0 fully saturated rings. The van der Waals surface area contributed by atoms with Gasteiger partial charge >= 0.3 is 5.97 Å². The number of para-hydroxylation sites is 1. The Morgan fingerprint density at radius 3 is 2.29 bits per heavy atom. The Kier molecular flexibility index (Phi) is 9.84. The first-order valence-electron chi connectivity index (χ1n) is 12.1. The molecular weight excluding hydrogens is 650 g/mol. The zero-order valence-electron chi connectivity index (χ0n) is 22.1. The van der Waals surface area contributed by atoms with Crippen LogP contribution in [0.4, 0.5) is 5.69 Å². The fourth-order valence-electron chi connectivity index (χ4n) is 3.64. The molecule has 0 aromatic heterocycles. The number of halogens is 2. The Hall–Kier alpha value is -4.39. The Morgan fingerprint density at radius 2 is 1.57 bits per heavy atom. The first-order valence-corrected chi connectivity index (χ1v) is 14.7. The fraction of sp³-hybridized carbons (Fsp3) is 0.0690. The molecule has 13 heteroatoms. The maximum absolute atomic E-state index is 13.0. The molecule has 0 saturated carbocycles. The Bertz CT molecular complexity index is 1760. The van der Waals surface area contributed by atoms with E-state index in [0.717, 1.165) is 0 Å². The standard InChI is InChI=1S/C29H23BrClN3O7S/c1-39-26-13-7-18(16-27(26)40-2)29(36)41-25-14-8-20(30)15-19(25)17-32-33-28(35)23-5-3-4-6-24(23)34-42(37,38)22-11-9-21(31)10-12-22/h3-17,34H,1-2H3,(H,33,35)/b32-17-. The summed E-state index contributed by atoms with van der Waals surface area (Å²) in [4.78, 5) is 25.8. The van der Waals surface area contributed by atoms with Crippen molar-refractivity contribution in [1.82, 2.24) is 5.43 Å². The molecule has 0 atom stereocenters. The minimum absolute atomic E-state index is 0.0232. The van der Waals surface area contributed by atoms with Crippen LogP contribution in [0.3, 0.4) is 0 Å². The normalized spacial score (nSPS) is 11.1. The van der Waals surface area contributed by atoms with E-state index in [4.69, 9.17) is 25.8 Å². The molecule has 0 saturated heterocycles. The highest BCUT2D eigenvalue weighted by Crippen LogP contribution is 2.29. The molecule has 0 bridgehead atoms. The number of nitrogens with one attached hydrogen (secondary N) is 2. The van der Waals surface area contributed by atoms with Crippen molar-refractivity contribution >= 4 is 61.3 Å². The highest BCUT2D eigenvalue weighted by atomic mass is 79.9. The van der Waals surface area contributed by atoms with E-state index in [0.29, 0.717) is 26.6 Å². The number of nitrogens with zero attached hydrogens (tertiary/aromatic N) is 1. The molecule has 0 aliphatic heterocycles. The summed E-state index contributed by atoms with van der Waals surface area (Å²) in [5.41, 5.74) is 3.05. The maximum Gasteiger partial charge on any atom is 0.343 e. The number of esters is 1. The lowest BCUT2D eigenvalue weighted by molar-refractivity contribution is 0.0733. The van der Waals surface area contributed by atoms with Crippen LogP contribution in [0.15, 0.2) is 99.4 Å². The van der Waals surface area contributed by atoms with Gasteiger partial charge in [0.1, 0.15) is 5.75 Å². The summed E-state index contributed by atoms with van der Waals surface area (Å²) >= 11 is 9.22. The third-order valence-electron chi connectivity index (χ3n) is 5.70. The molecule has 4 rings (SSSR count). The van der Waals surface area contributed by atoms with Gasteiger partial charge < -0.3 is 14.2 Å². The number of hydrazone groups is 1. The molecule has 4 aromatic rings. The number of sulfonamides is 1. The minimum Gasteiger partial charge on any atom is -0.493 e. The fourth-order valence-corrected chi connectivity index (χ4v) is 5.23. The first kappa shape index (κ1) is 30.6. The molecule has 216 valence electrons. The van der Waals surface area contributed by atoms with Crippen molar-refractivity contribution in [3.63, 3.8) is 0 Å². The number of amides is 1. The van der Waals surface area contributed by atoms with E-state index in [1.807, 2.05) is 0 Å². The Labute approximate surface area is 255 Å². The molecule has 10 nitrogen and oxygen atoms in total. The molecular formula is C29H23BrClN3O7S. The van der Waals surface area contributed by atoms with Crippen molar-refractivity contribution in [2.45, 2.75) is 4.90 Å². The summed E-state index contributed by atoms with van der Waals surface area (Å²) in [6, 6.07) is 21.2. The van der Waals surface area contributed by atoms with E-state index in [2.05, 4.69) is 31.2 Å². The maximum atomic E-state index is 13.0. The first-order chi connectivity index (χ1) is 20.1. The van der Waals surface area contributed by atoms with Gasteiger partial charge in [0, 0.05) is 15.1 Å². The minimum atomic E-state index is -4.00. The number of anilines is 1. The van der Waals surface area contributed by atoms with E-state index in [1.54, 1.807) is 36.4 Å². The number of ether oxygens (including phenoxy) is 3. The van der Waals surface area contributed by atoms with Gasteiger partial charge in [0.15, 0.2) is 11.5 Å². The molecule has 2 N–H and O–H groups in total. The lowest BCUT2D eigenvalue weighted by atomic mass is 10.2. The van der Waals surface area contributed by atoms with Crippen LogP contribution in [0.1, 0.15) is 26.3 Å². The summed E-state index contributed by atoms with van der Waals surface area (Å²) in [5, 5.41) is 4.38. The van der Waals surface area contributed by atoms with Gasteiger partial charge in [0.2, 0.25) is 0 Å². The van der Waals surface area contributed by atoms with Gasteiger partial charge in [0.25, 0.3) is 15.9 Å². The molecule has 0 spiro atoms. The van der Waals surface area contributed by atoms with E-state index in [1.165, 1.54) is 69.0 Å². The highest BCUT2D eigenvalue weighted by Gasteiger charge is 2.19. The second kappa shape index (κ2) is 13.5. The molecule has 42 heavy (non-hydrogen) atoms. The van der Waals surface area contributed by atoms with E-state index >= 15 is 0 Å². The van der Waals surface area contributed by atoms with Crippen LogP contribution in [-0.2, 0) is 10.0 Å². The van der Waals surface area contributed by atoms with Gasteiger partial charge in [-0.3, -0.25) is 9.52 Å². The third kappa shape index (κ3) is 7.46. The van der Waals surface area contributed by atoms with Gasteiger partial charge in [-0.05, 0) is 72.8 Å². The van der Waals surface area contributed by atoms with Gasteiger partial charge in [-0.25, -0.2) is 18.6 Å². The predicted molar refractivity (Wildman–Crippen MR) is 162 cm³/mol. The number of carbonyl (C=O) groups is 2. The van der Waals surface area contributed by atoms with Crippen LogP contribution in [0.5, 0.6) is 17.2 Å². The summed E-state index contributed by atoms with van der Waals surface area (Å²) in [7, 11) is -1.06. The van der Waals surface area contributed by atoms with Crippen molar-refractivity contribution < 1.29 is 32.2 Å². The van der Waals surface area contributed by atoms with Crippen LogP contribution in [0.25, 0.3) is 0 Å². The molecule has 0 aliphatic rings. The van der Waals surface area contributed by atoms with Crippen LogP contribution < -0.4 is 24.4 Å². The van der Waals surface area contributed by atoms with Crippen LogP contribution >= 0.6 is 27.5 Å². The topological polar surface area (TPSA) is 132 Å². The number of rotatable bonds is 10. The second-order valence-electron chi connectivity index (χ2n) is 8.45. The Morgan fingerprint density at radius 1 is 0.881 bits per heavy atom.